The number of nitrogens with one attached hydrogen (secondary N) is 1. The molecule has 9 heteroatoms. The van der Waals surface area contributed by atoms with Crippen molar-refractivity contribution in [3.8, 4) is 0 Å². The summed E-state index contributed by atoms with van der Waals surface area (Å²) in [7, 11) is -3.55. The van der Waals surface area contributed by atoms with Gasteiger partial charge in [0.05, 0.1) is 11.7 Å². The molecule has 0 aliphatic carbocycles. The molecule has 1 aliphatic rings. The number of sulfonamides is 1. The van der Waals surface area contributed by atoms with Crippen LogP contribution in [0.2, 0.25) is 0 Å². The number of nitrogens with zero attached hydrogens (tertiary/aromatic N) is 3. The number of hydrogen-bond donors (Lipinski definition) is 1. The normalized spacial score (nSPS) is 16.6. The van der Waals surface area contributed by atoms with Crippen molar-refractivity contribution in [1.82, 2.24) is 18.4 Å². The van der Waals surface area contributed by atoms with E-state index in [9.17, 15) is 8.42 Å². The van der Waals surface area contributed by atoms with E-state index >= 15 is 0 Å². The van der Waals surface area contributed by atoms with Gasteiger partial charge >= 0.3 is 0 Å². The van der Waals surface area contributed by atoms with Crippen LogP contribution >= 0.6 is 24.1 Å². The van der Waals surface area contributed by atoms with Gasteiger partial charge in [0.2, 0.25) is 10.0 Å². The minimum atomic E-state index is -3.55. The summed E-state index contributed by atoms with van der Waals surface area (Å²) in [5.74, 6) is 0. The van der Waals surface area contributed by atoms with Crippen LogP contribution in [0.4, 0.5) is 0 Å². The molecule has 128 valence electrons. The van der Waals surface area contributed by atoms with Crippen molar-refractivity contribution >= 4 is 45.2 Å². The molecule has 0 amide bonds. The van der Waals surface area contributed by atoms with Crippen molar-refractivity contribution < 1.29 is 8.42 Å². The van der Waals surface area contributed by atoms with E-state index in [0.29, 0.717) is 17.6 Å². The molecule has 1 aliphatic heterocycles. The molecule has 23 heavy (non-hydrogen) atoms. The Hall–Kier alpha value is -0.800. The lowest BCUT2D eigenvalue weighted by atomic mass is 10.1. The number of benzene rings is 1. The van der Waals surface area contributed by atoms with E-state index in [2.05, 4.69) is 14.1 Å². The Morgan fingerprint density at radius 1 is 1.30 bits per heavy atom. The fourth-order valence-corrected chi connectivity index (χ4v) is 5.46. The van der Waals surface area contributed by atoms with Crippen LogP contribution in [-0.2, 0) is 10.0 Å². The first kappa shape index (κ1) is 18.5. The van der Waals surface area contributed by atoms with E-state index in [1.54, 1.807) is 22.5 Å². The molecule has 0 bridgehead atoms. The number of hydrogen-bond acceptors (Lipinski definition) is 6. The van der Waals surface area contributed by atoms with Gasteiger partial charge in [0.15, 0.2) is 0 Å². The van der Waals surface area contributed by atoms with E-state index < -0.39 is 10.0 Å². The lowest BCUT2D eigenvalue weighted by Crippen LogP contribution is -2.46. The molecule has 6 nitrogen and oxygen atoms in total. The second-order valence-corrected chi connectivity index (χ2v) is 7.87. The van der Waals surface area contributed by atoms with Crippen LogP contribution in [0, 0.1) is 0 Å². The summed E-state index contributed by atoms with van der Waals surface area (Å²) in [6.45, 7) is 4.28. The van der Waals surface area contributed by atoms with Crippen molar-refractivity contribution in [2.24, 2.45) is 0 Å². The fraction of sp³-hybridized carbons (Fsp3) is 0.571. The fourth-order valence-electron chi connectivity index (χ4n) is 2.93. The minimum Gasteiger partial charge on any atom is -0.317 e. The predicted octanol–water partition coefficient (Wildman–Crippen LogP) is 2.27. The maximum Gasteiger partial charge on any atom is 0.245 e. The zero-order valence-electron chi connectivity index (χ0n) is 12.9. The highest BCUT2D eigenvalue weighted by atomic mass is 35.5. The van der Waals surface area contributed by atoms with Gasteiger partial charge in [-0.1, -0.05) is 13.0 Å². The number of piperidine rings is 1. The molecule has 0 radical (unpaired) electrons. The number of rotatable bonds is 5. The second-order valence-electron chi connectivity index (χ2n) is 5.49. The summed E-state index contributed by atoms with van der Waals surface area (Å²) in [4.78, 5) is 0.283. The Kier molecular flexibility index (Phi) is 6.33. The van der Waals surface area contributed by atoms with Crippen LogP contribution in [0.3, 0.4) is 0 Å². The standard InChI is InChI=1S/C14H20N4O2S2.ClH/c1-2-10-18(11-6-8-15-9-7-11)22(19,20)13-5-3-4-12-14(13)17-21-16-12;/h3-5,11,15H,2,6-10H2,1H3;1H. The van der Waals surface area contributed by atoms with Crippen molar-refractivity contribution in [3.05, 3.63) is 18.2 Å². The van der Waals surface area contributed by atoms with E-state index in [-0.39, 0.29) is 23.3 Å². The maximum absolute atomic E-state index is 13.2. The van der Waals surface area contributed by atoms with Gasteiger partial charge in [-0.25, -0.2) is 8.42 Å². The Labute approximate surface area is 147 Å². The molecule has 0 atom stereocenters. The molecule has 0 unspecified atom stereocenters. The first-order valence-corrected chi connectivity index (χ1v) is 9.75. The Morgan fingerprint density at radius 2 is 2.04 bits per heavy atom. The predicted molar refractivity (Wildman–Crippen MR) is 94.7 cm³/mol. The molecule has 1 aromatic heterocycles. The average molecular weight is 377 g/mol. The van der Waals surface area contributed by atoms with Crippen LogP contribution in [0.5, 0.6) is 0 Å². The second kappa shape index (κ2) is 7.85. The molecule has 1 saturated heterocycles. The lowest BCUT2D eigenvalue weighted by Gasteiger charge is -2.33. The maximum atomic E-state index is 13.2. The molecule has 3 rings (SSSR count). The first-order chi connectivity index (χ1) is 10.6. The quantitative estimate of drug-likeness (QED) is 0.866. The van der Waals surface area contributed by atoms with Gasteiger partial charge in [0.1, 0.15) is 15.9 Å². The highest BCUT2D eigenvalue weighted by Crippen LogP contribution is 2.27. The Bertz CT molecular complexity index is 744. The summed E-state index contributed by atoms with van der Waals surface area (Å²) < 4.78 is 36.4. The van der Waals surface area contributed by atoms with Gasteiger partial charge < -0.3 is 5.32 Å². The largest absolute Gasteiger partial charge is 0.317 e. The van der Waals surface area contributed by atoms with Crippen LogP contribution in [0.1, 0.15) is 26.2 Å². The van der Waals surface area contributed by atoms with Gasteiger partial charge in [0.25, 0.3) is 0 Å². The molecule has 2 aromatic rings. The van der Waals surface area contributed by atoms with E-state index in [4.69, 9.17) is 0 Å². The van der Waals surface area contributed by atoms with Gasteiger partial charge in [0, 0.05) is 12.6 Å². The van der Waals surface area contributed by atoms with Crippen LogP contribution in [0.25, 0.3) is 11.0 Å². The van der Waals surface area contributed by atoms with Crippen molar-refractivity contribution in [2.75, 3.05) is 19.6 Å². The van der Waals surface area contributed by atoms with E-state index in [0.717, 1.165) is 44.1 Å². The SMILES string of the molecule is CCCN(C1CCNCC1)S(=O)(=O)c1cccc2nsnc12.Cl. The zero-order valence-corrected chi connectivity index (χ0v) is 15.4. The van der Waals surface area contributed by atoms with Crippen LogP contribution in [-0.4, -0.2) is 47.1 Å². The Balaban J connectivity index is 0.00000192. The molecular weight excluding hydrogens is 356 g/mol. The van der Waals surface area contributed by atoms with Crippen molar-refractivity contribution in [2.45, 2.75) is 37.1 Å². The molecule has 1 aromatic carbocycles. The minimum absolute atomic E-state index is 0. The Morgan fingerprint density at radius 3 is 2.74 bits per heavy atom. The lowest BCUT2D eigenvalue weighted by molar-refractivity contribution is 0.262. The molecule has 0 saturated carbocycles. The van der Waals surface area contributed by atoms with Crippen LogP contribution < -0.4 is 5.32 Å². The summed E-state index contributed by atoms with van der Waals surface area (Å²) in [6, 6.07) is 5.24. The van der Waals surface area contributed by atoms with Gasteiger partial charge in [-0.2, -0.15) is 13.1 Å². The highest BCUT2D eigenvalue weighted by molar-refractivity contribution is 7.89. The zero-order chi connectivity index (χ0) is 15.6. The summed E-state index contributed by atoms with van der Waals surface area (Å²) in [5.41, 5.74) is 1.13. The van der Waals surface area contributed by atoms with Gasteiger partial charge in [-0.3, -0.25) is 0 Å². The topological polar surface area (TPSA) is 75.2 Å². The molecule has 1 fully saturated rings. The third-order valence-corrected chi connectivity index (χ3v) is 6.52. The van der Waals surface area contributed by atoms with Crippen molar-refractivity contribution in [3.63, 3.8) is 0 Å². The number of fused-ring (bicyclic) bond motifs is 1. The average Bonchev–Trinajstić information content (AvgIpc) is 3.01. The monoisotopic (exact) mass is 376 g/mol. The highest BCUT2D eigenvalue weighted by Gasteiger charge is 2.33. The van der Waals surface area contributed by atoms with Crippen molar-refractivity contribution in [1.29, 1.82) is 0 Å². The first-order valence-electron chi connectivity index (χ1n) is 7.58. The van der Waals surface area contributed by atoms with Gasteiger partial charge in [-0.15, -0.1) is 12.4 Å². The molecular formula is C14H21ClN4O2S2. The smallest absolute Gasteiger partial charge is 0.245 e. The number of aromatic nitrogens is 2. The summed E-state index contributed by atoms with van der Waals surface area (Å²) >= 11 is 1.05. The molecule has 1 N–H and O–H groups in total. The summed E-state index contributed by atoms with van der Waals surface area (Å²) in [6.07, 6.45) is 2.50. The summed E-state index contributed by atoms with van der Waals surface area (Å²) in [5, 5.41) is 3.29. The third-order valence-electron chi connectivity index (χ3n) is 4.00. The van der Waals surface area contributed by atoms with Gasteiger partial charge in [-0.05, 0) is 44.5 Å². The number of halogens is 1. The van der Waals surface area contributed by atoms with Crippen LogP contribution in [0.15, 0.2) is 23.1 Å². The molecule has 2 heterocycles. The van der Waals surface area contributed by atoms with E-state index in [1.807, 2.05) is 6.92 Å². The van der Waals surface area contributed by atoms with E-state index in [1.165, 1.54) is 0 Å². The third kappa shape index (κ3) is 3.66. The molecule has 0 spiro atoms.